The van der Waals surface area contributed by atoms with Crippen LogP contribution >= 0.6 is 11.8 Å². The monoisotopic (exact) mass is 575 g/mol. The molecule has 0 aliphatic carbocycles. The van der Waals surface area contributed by atoms with E-state index in [1.54, 1.807) is 36.7 Å². The van der Waals surface area contributed by atoms with E-state index in [-0.39, 0.29) is 31.2 Å². The van der Waals surface area contributed by atoms with Crippen molar-refractivity contribution >= 4 is 59.5 Å². The molecular weight excluding hydrogens is 538 g/mol. The molecule has 0 unspecified atom stereocenters. The van der Waals surface area contributed by atoms with Gasteiger partial charge >= 0.3 is 24.1 Å². The van der Waals surface area contributed by atoms with Crippen LogP contribution in [0.5, 0.6) is 0 Å². The first-order valence-electron chi connectivity index (χ1n) is 11.9. The average Bonchev–Trinajstić information content (AvgIpc) is 2.80. The van der Waals surface area contributed by atoms with Gasteiger partial charge in [-0.2, -0.15) is 0 Å². The van der Waals surface area contributed by atoms with Gasteiger partial charge in [0, 0.05) is 18.7 Å². The zero-order chi connectivity index (χ0) is 30.1. The molecule has 0 rings (SSSR count). The summed E-state index contributed by atoms with van der Waals surface area (Å²) in [5.74, 6) is -2.69. The van der Waals surface area contributed by atoms with Gasteiger partial charge in [0.15, 0.2) is 5.37 Å². The molecule has 0 aliphatic heterocycles. The summed E-state index contributed by atoms with van der Waals surface area (Å²) < 4.78 is 0. The summed E-state index contributed by atoms with van der Waals surface area (Å²) in [6.07, 6.45) is 0.874. The number of carbonyl (C=O) groups excluding carboxylic acids is 8. The zero-order valence-corrected chi connectivity index (χ0v) is 23.0. The van der Waals surface area contributed by atoms with Crippen LogP contribution in [0.1, 0.15) is 47.0 Å². The summed E-state index contributed by atoms with van der Waals surface area (Å²) in [4.78, 5) is 95.6. The SMILES string of the molecule is CCCC(=O)N[C@H](SCCN)C(=O)N[C@@H](CC(C)C)C(=O)NC(=O)NC(=O)NC(=O)N[C@H](C)C(=O)NC(N)=O. The second kappa shape index (κ2) is 18.3. The van der Waals surface area contributed by atoms with Gasteiger partial charge in [0.1, 0.15) is 12.1 Å². The molecule has 0 spiro atoms. The van der Waals surface area contributed by atoms with Gasteiger partial charge < -0.3 is 27.4 Å². The topological polar surface area (TPSA) is 273 Å². The zero-order valence-electron chi connectivity index (χ0n) is 22.2. The van der Waals surface area contributed by atoms with Gasteiger partial charge in [0.2, 0.25) is 11.8 Å². The largest absolute Gasteiger partial charge is 0.351 e. The number of rotatable bonds is 13. The maximum atomic E-state index is 12.8. The predicted molar refractivity (Wildman–Crippen MR) is 141 cm³/mol. The van der Waals surface area contributed by atoms with Crippen LogP contribution in [0.2, 0.25) is 0 Å². The number of primary amides is 1. The normalized spacial score (nSPS) is 12.7. The number of thioether (sulfide) groups is 1. The first kappa shape index (κ1) is 35.1. The molecule has 0 radical (unpaired) electrons. The molecule has 39 heavy (non-hydrogen) atoms. The number of nitrogens with two attached hydrogens (primary N) is 2. The molecule has 17 nitrogen and oxygen atoms in total. The molecule has 0 aliphatic rings. The van der Waals surface area contributed by atoms with E-state index in [0.717, 1.165) is 11.8 Å². The minimum Gasteiger partial charge on any atom is -0.351 e. The van der Waals surface area contributed by atoms with E-state index < -0.39 is 59.3 Å². The van der Waals surface area contributed by atoms with Gasteiger partial charge in [-0.15, -0.1) is 11.8 Å². The Morgan fingerprint density at radius 3 is 1.87 bits per heavy atom. The lowest BCUT2D eigenvalue weighted by molar-refractivity contribution is -0.130. The molecule has 3 atom stereocenters. The van der Waals surface area contributed by atoms with Gasteiger partial charge in [-0.25, -0.2) is 19.2 Å². The molecule has 0 fully saturated rings. The van der Waals surface area contributed by atoms with Crippen LogP contribution < -0.4 is 48.7 Å². The smallest absolute Gasteiger partial charge is 0.330 e. The van der Waals surface area contributed by atoms with Crippen molar-refractivity contribution in [3.63, 3.8) is 0 Å². The second-order valence-electron chi connectivity index (χ2n) is 8.49. The molecule has 0 saturated heterocycles. The highest BCUT2D eigenvalue weighted by Crippen LogP contribution is 2.11. The molecular formula is C21H37N9O8S. The molecule has 0 saturated carbocycles. The molecule has 18 heteroatoms. The predicted octanol–water partition coefficient (Wildman–Crippen LogP) is -1.72. The van der Waals surface area contributed by atoms with E-state index in [1.807, 2.05) is 10.6 Å². The summed E-state index contributed by atoms with van der Waals surface area (Å²) in [5, 5.41) is 13.1. The third kappa shape index (κ3) is 15.8. The molecule has 0 aromatic carbocycles. The third-order valence-electron chi connectivity index (χ3n) is 4.43. The minimum atomic E-state index is -1.35. The highest BCUT2D eigenvalue weighted by molar-refractivity contribution is 8.00. The van der Waals surface area contributed by atoms with Crippen LogP contribution in [0.3, 0.4) is 0 Å². The fourth-order valence-electron chi connectivity index (χ4n) is 2.76. The molecule has 12 amide bonds. The van der Waals surface area contributed by atoms with Crippen molar-refractivity contribution in [2.75, 3.05) is 12.3 Å². The summed E-state index contributed by atoms with van der Waals surface area (Å²) >= 11 is 1.07. The van der Waals surface area contributed by atoms with Crippen LogP contribution in [0.4, 0.5) is 19.2 Å². The maximum absolute atomic E-state index is 12.8. The van der Waals surface area contributed by atoms with Gasteiger partial charge in [0.25, 0.3) is 11.8 Å². The lowest BCUT2D eigenvalue weighted by Gasteiger charge is -2.23. The number of imide groups is 4. The van der Waals surface area contributed by atoms with Crippen molar-refractivity contribution in [3.8, 4) is 0 Å². The lowest BCUT2D eigenvalue weighted by atomic mass is 10.0. The molecule has 0 aromatic rings. The Morgan fingerprint density at radius 1 is 0.744 bits per heavy atom. The first-order chi connectivity index (χ1) is 18.2. The fourth-order valence-corrected chi connectivity index (χ4v) is 3.57. The van der Waals surface area contributed by atoms with Gasteiger partial charge in [-0.1, -0.05) is 20.8 Å². The molecule has 0 aromatic heterocycles. The van der Waals surface area contributed by atoms with E-state index in [4.69, 9.17) is 11.5 Å². The van der Waals surface area contributed by atoms with E-state index in [1.165, 1.54) is 6.92 Å². The Balaban J connectivity index is 5.10. The van der Waals surface area contributed by atoms with Gasteiger partial charge in [0.05, 0.1) is 0 Å². The third-order valence-corrected chi connectivity index (χ3v) is 5.56. The van der Waals surface area contributed by atoms with Crippen molar-refractivity contribution in [2.24, 2.45) is 17.4 Å². The first-order valence-corrected chi connectivity index (χ1v) is 13.0. The van der Waals surface area contributed by atoms with E-state index >= 15 is 0 Å². The molecule has 11 N–H and O–H groups in total. The van der Waals surface area contributed by atoms with Crippen LogP contribution in [0.15, 0.2) is 0 Å². The average molecular weight is 576 g/mol. The van der Waals surface area contributed by atoms with Crippen LogP contribution in [-0.4, -0.2) is 77.5 Å². The number of hydrogen-bond donors (Lipinski definition) is 9. The summed E-state index contributed by atoms with van der Waals surface area (Å²) in [6, 6.07) is -7.47. The Labute approximate surface area is 229 Å². The van der Waals surface area contributed by atoms with E-state index in [2.05, 4.69) is 10.6 Å². The van der Waals surface area contributed by atoms with Crippen molar-refractivity contribution in [2.45, 2.75) is 64.4 Å². The Kier molecular flexibility index (Phi) is 16.5. The Hall–Kier alpha value is -3.93. The Morgan fingerprint density at radius 2 is 1.33 bits per heavy atom. The molecule has 0 heterocycles. The van der Waals surface area contributed by atoms with Crippen molar-refractivity contribution in [1.29, 1.82) is 0 Å². The Bertz CT molecular complexity index is 931. The maximum Gasteiger partial charge on any atom is 0.330 e. The van der Waals surface area contributed by atoms with E-state index in [9.17, 15) is 38.4 Å². The van der Waals surface area contributed by atoms with Crippen molar-refractivity contribution < 1.29 is 38.4 Å². The van der Waals surface area contributed by atoms with Gasteiger partial charge in [-0.05, 0) is 25.7 Å². The summed E-state index contributed by atoms with van der Waals surface area (Å²) in [6.45, 7) is 6.78. The van der Waals surface area contributed by atoms with Crippen LogP contribution in [0, 0.1) is 5.92 Å². The minimum absolute atomic E-state index is 0.102. The highest BCUT2D eigenvalue weighted by atomic mass is 32.2. The summed E-state index contributed by atoms with van der Waals surface area (Å²) in [7, 11) is 0. The number of carbonyl (C=O) groups is 8. The second-order valence-corrected chi connectivity index (χ2v) is 9.71. The fraction of sp³-hybridized carbons (Fsp3) is 0.619. The lowest BCUT2D eigenvalue weighted by Crippen LogP contribution is -2.57. The van der Waals surface area contributed by atoms with Crippen molar-refractivity contribution in [1.82, 2.24) is 37.2 Å². The highest BCUT2D eigenvalue weighted by Gasteiger charge is 2.29. The van der Waals surface area contributed by atoms with Crippen molar-refractivity contribution in [3.05, 3.63) is 0 Å². The summed E-state index contributed by atoms with van der Waals surface area (Å²) in [5.41, 5.74) is 10.3. The quantitative estimate of drug-likeness (QED) is 0.112. The number of hydrogen-bond acceptors (Lipinski definition) is 10. The number of urea groups is 4. The van der Waals surface area contributed by atoms with Gasteiger partial charge in [-0.3, -0.25) is 40.4 Å². The molecule has 220 valence electrons. The molecule has 0 bridgehead atoms. The standard InChI is InChI=1S/C21H37N9O8S/c1-5-6-13(31)26-17(39-8-7-22)16(34)25-12(9-10(2)3)15(33)28-20(37)30-21(38)29-19(36)24-11(4)14(32)27-18(23)35/h10-12,17H,5-9,22H2,1-4H3,(H,25,34)(H,26,31)(H3,23,27,32,35)(H4,24,28,29,30,33,36,37,38)/t11-,12+,17-/m1/s1. The van der Waals surface area contributed by atoms with Crippen LogP contribution in [0.25, 0.3) is 0 Å². The number of nitrogens with one attached hydrogen (secondary N) is 7. The van der Waals surface area contributed by atoms with E-state index in [0.29, 0.717) is 12.2 Å². The number of amides is 12. The van der Waals surface area contributed by atoms with Crippen LogP contribution in [-0.2, 0) is 19.2 Å².